The number of alkyl halides is 4. The molecular formula is C11H7BrF4O5. The van der Waals surface area contributed by atoms with Crippen LogP contribution in [0.2, 0.25) is 0 Å². The normalized spacial score (nSPS) is 19.8. The van der Waals surface area contributed by atoms with Gasteiger partial charge in [0.05, 0.1) is 7.11 Å². The fraction of sp³-hybridized carbons (Fsp3) is 0.364. The molecule has 116 valence electrons. The summed E-state index contributed by atoms with van der Waals surface area (Å²) in [5.41, 5.74) is -0.204. The van der Waals surface area contributed by atoms with Crippen molar-refractivity contribution < 1.29 is 41.7 Å². The first-order chi connectivity index (χ1) is 9.59. The van der Waals surface area contributed by atoms with Crippen molar-refractivity contribution in [2.24, 2.45) is 0 Å². The van der Waals surface area contributed by atoms with Gasteiger partial charge in [-0.25, -0.2) is 4.79 Å². The maximum absolute atomic E-state index is 13.1. The predicted octanol–water partition coefficient (Wildman–Crippen LogP) is 2.61. The van der Waals surface area contributed by atoms with E-state index in [1.807, 2.05) is 0 Å². The number of esters is 1. The van der Waals surface area contributed by atoms with Crippen LogP contribution in [0.15, 0.2) is 16.6 Å². The summed E-state index contributed by atoms with van der Waals surface area (Å²) in [6.07, 6.45) is -11.5. The zero-order valence-electron chi connectivity index (χ0n) is 10.2. The first-order valence-electron chi connectivity index (χ1n) is 5.32. The summed E-state index contributed by atoms with van der Waals surface area (Å²) in [7, 11) is 1.01. The number of hydrogen-bond donors (Lipinski definition) is 1. The highest BCUT2D eigenvalue weighted by molar-refractivity contribution is 9.10. The second-order valence-corrected chi connectivity index (χ2v) is 4.84. The number of methoxy groups -OCH3 is 1. The highest BCUT2D eigenvalue weighted by atomic mass is 79.9. The lowest BCUT2D eigenvalue weighted by molar-refractivity contribution is -0.391. The monoisotopic (exact) mass is 374 g/mol. The van der Waals surface area contributed by atoms with Crippen molar-refractivity contribution in [3.05, 3.63) is 22.2 Å². The lowest BCUT2D eigenvalue weighted by atomic mass is 10.1. The molecule has 0 aromatic heterocycles. The first-order valence-corrected chi connectivity index (χ1v) is 6.11. The third-order valence-electron chi connectivity index (χ3n) is 2.60. The number of rotatable bonds is 2. The number of benzene rings is 1. The number of halogens is 5. The van der Waals surface area contributed by atoms with Gasteiger partial charge in [-0.05, 0) is 12.1 Å². The van der Waals surface area contributed by atoms with Crippen LogP contribution in [0.3, 0.4) is 0 Å². The third-order valence-corrected chi connectivity index (χ3v) is 3.28. The zero-order chi connectivity index (χ0) is 16.0. The van der Waals surface area contributed by atoms with Crippen molar-refractivity contribution in [3.63, 3.8) is 0 Å². The topological polar surface area (TPSA) is 65.0 Å². The molecule has 0 radical (unpaired) electrons. The van der Waals surface area contributed by atoms with Gasteiger partial charge in [-0.1, -0.05) is 15.9 Å². The van der Waals surface area contributed by atoms with E-state index < -0.39 is 35.8 Å². The molecule has 0 saturated heterocycles. The quantitative estimate of drug-likeness (QED) is 0.636. The molecular weight excluding hydrogens is 368 g/mol. The Kier molecular flexibility index (Phi) is 3.79. The van der Waals surface area contributed by atoms with Crippen molar-refractivity contribution in [2.45, 2.75) is 18.3 Å². The van der Waals surface area contributed by atoms with Crippen molar-refractivity contribution in [2.75, 3.05) is 7.11 Å². The van der Waals surface area contributed by atoms with Crippen LogP contribution in [0, 0.1) is 0 Å². The van der Waals surface area contributed by atoms with Gasteiger partial charge >= 0.3 is 18.2 Å². The lowest BCUT2D eigenvalue weighted by Crippen LogP contribution is -2.52. The summed E-state index contributed by atoms with van der Waals surface area (Å²) in [5.74, 6) is -2.48. The molecule has 2 rings (SSSR count). The molecule has 1 unspecified atom stereocenters. The highest BCUT2D eigenvalue weighted by Crippen LogP contribution is 2.49. The number of aliphatic hydroxyl groups excluding tert-OH is 1. The molecule has 0 bridgehead atoms. The van der Waals surface area contributed by atoms with Crippen molar-refractivity contribution >= 4 is 21.9 Å². The van der Waals surface area contributed by atoms with Crippen LogP contribution in [0.4, 0.5) is 17.6 Å². The van der Waals surface area contributed by atoms with Crippen molar-refractivity contribution in [3.8, 4) is 11.5 Å². The van der Waals surface area contributed by atoms with Gasteiger partial charge in [0, 0.05) is 10.0 Å². The summed E-state index contributed by atoms with van der Waals surface area (Å²) < 4.78 is 64.2. The smallest absolute Gasteiger partial charge is 0.467 e. The van der Waals surface area contributed by atoms with Gasteiger partial charge in [0.15, 0.2) is 17.6 Å². The average molecular weight is 375 g/mol. The highest BCUT2D eigenvalue weighted by Gasteiger charge is 2.66. The Labute approximate surface area is 123 Å². The molecule has 0 spiro atoms. The molecule has 1 N–H and O–H groups in total. The van der Waals surface area contributed by atoms with E-state index in [9.17, 15) is 27.5 Å². The first kappa shape index (κ1) is 15.8. The molecule has 10 heteroatoms. The molecule has 1 aliphatic rings. The SMILES string of the molecule is COC(=O)C(O)c1cc2c(cc1Br)OC(F)(F)C(F)(F)O2. The number of ether oxygens (including phenoxy) is 3. The molecule has 1 aromatic rings. The third kappa shape index (κ3) is 2.64. The fourth-order valence-corrected chi connectivity index (χ4v) is 2.09. The molecule has 0 fully saturated rings. The van der Waals surface area contributed by atoms with E-state index in [-0.39, 0.29) is 10.0 Å². The van der Waals surface area contributed by atoms with Gasteiger partial charge < -0.3 is 19.3 Å². The predicted molar refractivity (Wildman–Crippen MR) is 62.3 cm³/mol. The number of carbonyl (C=O) groups excluding carboxylic acids is 1. The van der Waals surface area contributed by atoms with Gasteiger partial charge in [0.1, 0.15) is 0 Å². The molecule has 1 aliphatic heterocycles. The van der Waals surface area contributed by atoms with Gasteiger partial charge in [0.25, 0.3) is 0 Å². The summed E-state index contributed by atoms with van der Waals surface area (Å²) in [6.45, 7) is 0. The van der Waals surface area contributed by atoms with Crippen LogP contribution in [0.25, 0.3) is 0 Å². The fourth-order valence-electron chi connectivity index (χ4n) is 1.55. The Balaban J connectivity index is 2.47. The Hall–Kier alpha value is -1.55. The Morgan fingerprint density at radius 3 is 2.19 bits per heavy atom. The van der Waals surface area contributed by atoms with E-state index in [1.54, 1.807) is 0 Å². The summed E-state index contributed by atoms with van der Waals surface area (Å²) in [4.78, 5) is 11.2. The van der Waals surface area contributed by atoms with Gasteiger partial charge in [-0.15, -0.1) is 0 Å². The minimum absolute atomic E-state index is 0.0243. The molecule has 21 heavy (non-hydrogen) atoms. The van der Waals surface area contributed by atoms with Crippen LogP contribution >= 0.6 is 15.9 Å². The summed E-state index contributed by atoms with van der Waals surface area (Å²) >= 11 is 2.90. The second kappa shape index (κ2) is 5.02. The number of aliphatic hydroxyl groups is 1. The maximum Gasteiger partial charge on any atom is 0.507 e. The maximum atomic E-state index is 13.1. The van der Waals surface area contributed by atoms with Gasteiger partial charge in [-0.3, -0.25) is 0 Å². The molecule has 0 amide bonds. The molecule has 0 saturated carbocycles. The van der Waals surface area contributed by atoms with E-state index in [0.29, 0.717) is 0 Å². The van der Waals surface area contributed by atoms with Crippen LogP contribution in [-0.2, 0) is 9.53 Å². The van der Waals surface area contributed by atoms with Crippen LogP contribution < -0.4 is 9.47 Å². The summed E-state index contributed by atoms with van der Waals surface area (Å²) in [5, 5.41) is 9.67. The van der Waals surface area contributed by atoms with E-state index in [2.05, 4.69) is 30.1 Å². The van der Waals surface area contributed by atoms with Crippen molar-refractivity contribution in [1.82, 2.24) is 0 Å². The molecule has 1 heterocycles. The molecule has 1 atom stereocenters. The molecule has 1 aromatic carbocycles. The van der Waals surface area contributed by atoms with Crippen LogP contribution in [0.5, 0.6) is 11.5 Å². The number of fused-ring (bicyclic) bond motifs is 1. The Bertz CT molecular complexity index is 592. The van der Waals surface area contributed by atoms with Crippen LogP contribution in [-0.4, -0.2) is 30.4 Å². The largest absolute Gasteiger partial charge is 0.507 e. The zero-order valence-corrected chi connectivity index (χ0v) is 11.8. The molecule has 5 nitrogen and oxygen atoms in total. The Morgan fingerprint density at radius 2 is 1.71 bits per heavy atom. The average Bonchev–Trinajstić information content (AvgIpc) is 2.38. The van der Waals surface area contributed by atoms with Gasteiger partial charge in [-0.2, -0.15) is 17.6 Å². The molecule has 0 aliphatic carbocycles. The second-order valence-electron chi connectivity index (χ2n) is 3.98. The van der Waals surface area contributed by atoms with Gasteiger partial charge in [0.2, 0.25) is 0 Å². The minimum atomic E-state index is -4.89. The number of hydrogen-bond acceptors (Lipinski definition) is 5. The van der Waals surface area contributed by atoms with E-state index in [0.717, 1.165) is 19.2 Å². The Morgan fingerprint density at radius 1 is 1.24 bits per heavy atom. The summed E-state index contributed by atoms with van der Waals surface area (Å²) in [6, 6.07) is 1.66. The van der Waals surface area contributed by atoms with E-state index >= 15 is 0 Å². The number of carbonyl (C=O) groups is 1. The minimum Gasteiger partial charge on any atom is -0.467 e. The van der Waals surface area contributed by atoms with Crippen molar-refractivity contribution in [1.29, 1.82) is 0 Å². The van der Waals surface area contributed by atoms with E-state index in [1.165, 1.54) is 0 Å². The van der Waals surface area contributed by atoms with E-state index in [4.69, 9.17) is 0 Å². The standard InChI is InChI=1S/C11H7BrF4O5/c1-19-9(18)8(17)4-2-6-7(3-5(4)12)21-11(15,16)10(13,14)20-6/h2-3,8,17H,1H3. The van der Waals surface area contributed by atoms with Crippen LogP contribution in [0.1, 0.15) is 11.7 Å². The lowest BCUT2D eigenvalue weighted by Gasteiger charge is -2.32.